The average molecular weight is 482 g/mol. The van der Waals surface area contributed by atoms with Gasteiger partial charge in [0.15, 0.2) is 5.96 Å². The van der Waals surface area contributed by atoms with Gasteiger partial charge in [0.1, 0.15) is 6.54 Å². The van der Waals surface area contributed by atoms with Crippen LogP contribution in [0.25, 0.3) is 0 Å². The van der Waals surface area contributed by atoms with E-state index >= 15 is 0 Å². The van der Waals surface area contributed by atoms with E-state index in [2.05, 4.69) is 15.2 Å². The van der Waals surface area contributed by atoms with Gasteiger partial charge in [0, 0.05) is 50.5 Å². The van der Waals surface area contributed by atoms with E-state index in [1.807, 2.05) is 29.2 Å². The molecule has 0 atom stereocenters. The molecule has 7 nitrogen and oxygen atoms in total. The van der Waals surface area contributed by atoms with Crippen LogP contribution in [0.2, 0.25) is 5.02 Å². The number of guanidine groups is 1. The molecule has 1 aromatic rings. The lowest BCUT2D eigenvalue weighted by atomic mass is 10.2. The Hall–Kier alpha value is -1.26. The molecule has 1 fully saturated rings. The zero-order chi connectivity index (χ0) is 17.4. The summed E-state index contributed by atoms with van der Waals surface area (Å²) in [6.07, 6.45) is 0. The van der Waals surface area contributed by atoms with Crippen LogP contribution < -0.4 is 16.0 Å². The van der Waals surface area contributed by atoms with E-state index < -0.39 is 0 Å². The SMILES string of the molecule is COCCNC(=O)CN=C(N)N1CCN(c2ccc(Cl)cc2)CC1.I. The van der Waals surface area contributed by atoms with Crippen molar-refractivity contribution in [3.8, 4) is 0 Å². The number of carbonyl (C=O) groups is 1. The molecule has 1 aliphatic heterocycles. The van der Waals surface area contributed by atoms with Gasteiger partial charge in [-0.25, -0.2) is 4.99 Å². The maximum absolute atomic E-state index is 11.6. The van der Waals surface area contributed by atoms with Crippen LogP contribution in [0.4, 0.5) is 5.69 Å². The Kier molecular flexibility index (Phi) is 9.91. The molecule has 1 aromatic carbocycles. The lowest BCUT2D eigenvalue weighted by molar-refractivity contribution is -0.119. The summed E-state index contributed by atoms with van der Waals surface area (Å²) in [5, 5.41) is 3.44. The number of piperazine rings is 1. The number of methoxy groups -OCH3 is 1. The van der Waals surface area contributed by atoms with Crippen LogP contribution in [0.15, 0.2) is 29.3 Å². The van der Waals surface area contributed by atoms with Crippen LogP contribution >= 0.6 is 35.6 Å². The van der Waals surface area contributed by atoms with Crippen molar-refractivity contribution in [3.05, 3.63) is 29.3 Å². The zero-order valence-corrected chi connectivity index (χ0v) is 17.4. The van der Waals surface area contributed by atoms with Gasteiger partial charge in [0.05, 0.1) is 6.61 Å². The highest BCUT2D eigenvalue weighted by Gasteiger charge is 2.18. The number of hydrogen-bond donors (Lipinski definition) is 2. The molecule has 0 aliphatic carbocycles. The van der Waals surface area contributed by atoms with Gasteiger partial charge in [-0.3, -0.25) is 4.79 Å². The number of ether oxygens (including phenoxy) is 1. The first-order valence-corrected chi connectivity index (χ1v) is 8.29. The van der Waals surface area contributed by atoms with Crippen LogP contribution in [-0.2, 0) is 9.53 Å². The zero-order valence-electron chi connectivity index (χ0n) is 14.3. The first kappa shape index (κ1) is 21.8. The van der Waals surface area contributed by atoms with Gasteiger partial charge in [0.25, 0.3) is 0 Å². The quantitative estimate of drug-likeness (QED) is 0.276. The van der Waals surface area contributed by atoms with Crippen LogP contribution in [0.5, 0.6) is 0 Å². The number of hydrogen-bond acceptors (Lipinski definition) is 4. The number of rotatable bonds is 6. The van der Waals surface area contributed by atoms with Gasteiger partial charge in [-0.05, 0) is 24.3 Å². The molecule has 3 N–H and O–H groups in total. The molecule has 0 unspecified atom stereocenters. The molecule has 0 spiro atoms. The van der Waals surface area contributed by atoms with Gasteiger partial charge in [-0.2, -0.15) is 0 Å². The Morgan fingerprint density at radius 3 is 2.52 bits per heavy atom. The average Bonchev–Trinajstić information content (AvgIpc) is 2.61. The van der Waals surface area contributed by atoms with E-state index in [1.54, 1.807) is 7.11 Å². The molecule has 1 heterocycles. The molecule has 25 heavy (non-hydrogen) atoms. The summed E-state index contributed by atoms with van der Waals surface area (Å²) in [6.45, 7) is 4.22. The number of nitrogens with zero attached hydrogens (tertiary/aromatic N) is 3. The minimum absolute atomic E-state index is 0. The number of anilines is 1. The first-order chi connectivity index (χ1) is 11.6. The fourth-order valence-electron chi connectivity index (χ4n) is 2.45. The molecular formula is C16H25ClIN5O2. The monoisotopic (exact) mass is 481 g/mol. The molecule has 9 heteroatoms. The van der Waals surface area contributed by atoms with Crippen molar-refractivity contribution in [2.75, 3.05) is 57.9 Å². The Bertz CT molecular complexity index is 562. The van der Waals surface area contributed by atoms with Crippen molar-refractivity contribution in [2.24, 2.45) is 10.7 Å². The maximum Gasteiger partial charge on any atom is 0.241 e. The Morgan fingerprint density at radius 1 is 1.28 bits per heavy atom. The number of carbonyl (C=O) groups excluding carboxylic acids is 1. The van der Waals surface area contributed by atoms with Crippen molar-refractivity contribution >= 4 is 53.1 Å². The fourth-order valence-corrected chi connectivity index (χ4v) is 2.57. The van der Waals surface area contributed by atoms with Crippen molar-refractivity contribution in [1.82, 2.24) is 10.2 Å². The van der Waals surface area contributed by atoms with Crippen LogP contribution in [-0.4, -0.2) is 69.8 Å². The number of halogens is 2. The summed E-state index contributed by atoms with van der Waals surface area (Å²) in [5.74, 6) is 0.252. The third-order valence-corrected chi connectivity index (χ3v) is 4.06. The Balaban J connectivity index is 0.00000312. The molecule has 0 saturated carbocycles. The summed E-state index contributed by atoms with van der Waals surface area (Å²) >= 11 is 5.92. The van der Waals surface area contributed by atoms with E-state index in [-0.39, 0.29) is 36.4 Å². The standard InChI is InChI=1S/C16H24ClN5O2.HI/c1-24-11-6-19-15(23)12-20-16(18)22-9-7-21(8-10-22)14-4-2-13(17)3-5-14;/h2-5H,6-12H2,1H3,(H2,18,20)(H,19,23);1H. The minimum atomic E-state index is -0.158. The van der Waals surface area contributed by atoms with Crippen molar-refractivity contribution < 1.29 is 9.53 Å². The highest BCUT2D eigenvalue weighted by Crippen LogP contribution is 2.19. The summed E-state index contributed by atoms with van der Waals surface area (Å²) in [6, 6.07) is 7.81. The molecule has 140 valence electrons. The topological polar surface area (TPSA) is 83.2 Å². The predicted octanol–water partition coefficient (Wildman–Crippen LogP) is 1.16. The Morgan fingerprint density at radius 2 is 1.92 bits per heavy atom. The van der Waals surface area contributed by atoms with E-state index in [4.69, 9.17) is 22.1 Å². The number of aliphatic imine (C=N–C) groups is 1. The lowest BCUT2D eigenvalue weighted by Crippen LogP contribution is -2.51. The van der Waals surface area contributed by atoms with E-state index in [0.29, 0.717) is 19.1 Å². The van der Waals surface area contributed by atoms with Crippen molar-refractivity contribution in [1.29, 1.82) is 0 Å². The summed E-state index contributed by atoms with van der Waals surface area (Å²) in [5.41, 5.74) is 7.14. The molecule has 1 saturated heterocycles. The van der Waals surface area contributed by atoms with E-state index in [0.717, 1.165) is 36.9 Å². The van der Waals surface area contributed by atoms with Gasteiger partial charge in [-0.1, -0.05) is 11.6 Å². The number of nitrogens with two attached hydrogens (primary N) is 1. The summed E-state index contributed by atoms with van der Waals surface area (Å²) < 4.78 is 4.87. The predicted molar refractivity (Wildman–Crippen MR) is 112 cm³/mol. The van der Waals surface area contributed by atoms with Crippen molar-refractivity contribution in [2.45, 2.75) is 0 Å². The van der Waals surface area contributed by atoms with Crippen LogP contribution in [0, 0.1) is 0 Å². The third-order valence-electron chi connectivity index (χ3n) is 3.81. The number of benzene rings is 1. The second-order valence-electron chi connectivity index (χ2n) is 5.47. The molecule has 0 aromatic heterocycles. The minimum Gasteiger partial charge on any atom is -0.383 e. The van der Waals surface area contributed by atoms with Gasteiger partial charge in [0.2, 0.25) is 5.91 Å². The second kappa shape index (κ2) is 11.4. The molecule has 0 bridgehead atoms. The highest BCUT2D eigenvalue weighted by atomic mass is 127. The molecule has 0 radical (unpaired) electrons. The van der Waals surface area contributed by atoms with Gasteiger partial charge < -0.3 is 25.6 Å². The van der Waals surface area contributed by atoms with E-state index in [9.17, 15) is 4.79 Å². The summed E-state index contributed by atoms with van der Waals surface area (Å²) in [4.78, 5) is 20.0. The number of amides is 1. The van der Waals surface area contributed by atoms with Gasteiger partial charge in [-0.15, -0.1) is 24.0 Å². The summed E-state index contributed by atoms with van der Waals surface area (Å²) in [7, 11) is 1.59. The largest absolute Gasteiger partial charge is 0.383 e. The highest BCUT2D eigenvalue weighted by molar-refractivity contribution is 14.0. The third kappa shape index (κ3) is 7.25. The van der Waals surface area contributed by atoms with Gasteiger partial charge >= 0.3 is 0 Å². The molecule has 2 rings (SSSR count). The molecule has 1 aliphatic rings. The van der Waals surface area contributed by atoms with Crippen molar-refractivity contribution in [3.63, 3.8) is 0 Å². The van der Waals surface area contributed by atoms with Crippen LogP contribution in [0.3, 0.4) is 0 Å². The Labute approximate surface area is 170 Å². The molecule has 1 amide bonds. The first-order valence-electron chi connectivity index (χ1n) is 7.91. The normalized spacial score (nSPS) is 14.9. The molecular weight excluding hydrogens is 457 g/mol. The fraction of sp³-hybridized carbons (Fsp3) is 0.500. The smallest absolute Gasteiger partial charge is 0.241 e. The number of nitrogens with one attached hydrogen (secondary N) is 1. The van der Waals surface area contributed by atoms with E-state index in [1.165, 1.54) is 0 Å². The second-order valence-corrected chi connectivity index (χ2v) is 5.90. The van der Waals surface area contributed by atoms with Crippen LogP contribution in [0.1, 0.15) is 0 Å². The maximum atomic E-state index is 11.6. The lowest BCUT2D eigenvalue weighted by Gasteiger charge is -2.36.